The largest absolute Gasteiger partial charge is 0.389 e. The van der Waals surface area contributed by atoms with Crippen molar-refractivity contribution in [3.05, 3.63) is 35.9 Å². The number of hydrogen-bond acceptors (Lipinski definition) is 5. The predicted octanol–water partition coefficient (Wildman–Crippen LogP) is 2.31. The van der Waals surface area contributed by atoms with E-state index >= 15 is 0 Å². The van der Waals surface area contributed by atoms with Crippen LogP contribution in [0.3, 0.4) is 0 Å². The molecule has 1 aliphatic rings. The lowest BCUT2D eigenvalue weighted by Crippen LogP contribution is -2.25. The van der Waals surface area contributed by atoms with E-state index in [0.29, 0.717) is 30.5 Å². The molecule has 1 aromatic carbocycles. The molecule has 0 unspecified atom stereocenters. The molecule has 0 bridgehead atoms. The molecule has 0 aliphatic heterocycles. The quantitative estimate of drug-likeness (QED) is 0.820. The molecule has 1 heterocycles. The minimum atomic E-state index is -0.586. The number of nitrogens with one attached hydrogen (secondary N) is 1. The van der Waals surface area contributed by atoms with Gasteiger partial charge in [0.2, 0.25) is 0 Å². The highest BCUT2D eigenvalue weighted by molar-refractivity contribution is 5.86. The predicted molar refractivity (Wildman–Crippen MR) is 84.5 cm³/mol. The zero-order valence-corrected chi connectivity index (χ0v) is 12.3. The van der Waals surface area contributed by atoms with Crippen LogP contribution in [0.2, 0.25) is 0 Å². The Balaban J connectivity index is 1.59. The molecule has 1 saturated carbocycles. The zero-order valence-electron chi connectivity index (χ0n) is 12.3. The number of para-hydroxylation sites is 1. The second-order valence-electron chi connectivity index (χ2n) is 5.70. The number of aliphatic hydroxyl groups excluding tert-OH is 1. The summed E-state index contributed by atoms with van der Waals surface area (Å²) in [6.45, 7) is 1.41. The van der Waals surface area contributed by atoms with Crippen molar-refractivity contribution in [2.24, 2.45) is 5.92 Å². The Morgan fingerprint density at radius 3 is 3.00 bits per heavy atom. The standard InChI is InChI=1S/C17H19N3O2/c18-8-13-7-17(20-16-4-2-1-3-15(13)16)19-9-14(21)11-22-10-12-5-6-12/h1-4,7,12,14,21H,5-6,9-11H2,(H,19,20)/t14-/m1/s1. The van der Waals surface area contributed by atoms with Crippen molar-refractivity contribution in [2.75, 3.05) is 25.1 Å². The maximum atomic E-state index is 9.90. The lowest BCUT2D eigenvalue weighted by atomic mass is 10.1. The maximum Gasteiger partial charge on any atom is 0.128 e. The highest BCUT2D eigenvalue weighted by atomic mass is 16.5. The SMILES string of the molecule is N#Cc1cc(NC[C@@H](O)COCC2CC2)nc2ccccc12. The minimum Gasteiger partial charge on any atom is -0.389 e. The van der Waals surface area contributed by atoms with Crippen LogP contribution in [0.4, 0.5) is 5.82 Å². The van der Waals surface area contributed by atoms with Crippen molar-refractivity contribution in [3.63, 3.8) is 0 Å². The van der Waals surface area contributed by atoms with Crippen LogP contribution in [0, 0.1) is 17.2 Å². The number of nitriles is 1. The van der Waals surface area contributed by atoms with Crippen LogP contribution in [0.25, 0.3) is 10.9 Å². The highest BCUT2D eigenvalue weighted by Gasteiger charge is 2.21. The molecule has 0 saturated heterocycles. The van der Waals surface area contributed by atoms with Gasteiger partial charge in [0, 0.05) is 18.5 Å². The third kappa shape index (κ3) is 3.73. The first-order valence-electron chi connectivity index (χ1n) is 7.56. The van der Waals surface area contributed by atoms with Crippen molar-refractivity contribution < 1.29 is 9.84 Å². The van der Waals surface area contributed by atoms with Gasteiger partial charge in [0.05, 0.1) is 29.9 Å². The minimum absolute atomic E-state index is 0.322. The van der Waals surface area contributed by atoms with Gasteiger partial charge < -0.3 is 15.2 Å². The van der Waals surface area contributed by atoms with Gasteiger partial charge in [0.15, 0.2) is 0 Å². The fourth-order valence-electron chi connectivity index (χ4n) is 2.30. The average Bonchev–Trinajstić information content (AvgIpc) is 3.36. The third-order valence-corrected chi connectivity index (χ3v) is 3.72. The van der Waals surface area contributed by atoms with Crippen molar-refractivity contribution in [1.29, 1.82) is 5.26 Å². The molecule has 2 aromatic rings. The Labute approximate surface area is 129 Å². The lowest BCUT2D eigenvalue weighted by molar-refractivity contribution is 0.0386. The number of fused-ring (bicyclic) bond motifs is 1. The third-order valence-electron chi connectivity index (χ3n) is 3.72. The summed E-state index contributed by atoms with van der Waals surface area (Å²) in [7, 11) is 0. The Hall–Kier alpha value is -2.16. The van der Waals surface area contributed by atoms with Gasteiger partial charge in [-0.2, -0.15) is 5.26 Å². The Morgan fingerprint density at radius 2 is 2.23 bits per heavy atom. The molecule has 1 aliphatic carbocycles. The van der Waals surface area contributed by atoms with E-state index in [1.54, 1.807) is 6.07 Å². The van der Waals surface area contributed by atoms with Gasteiger partial charge >= 0.3 is 0 Å². The van der Waals surface area contributed by atoms with Crippen LogP contribution in [0.5, 0.6) is 0 Å². The first-order valence-corrected chi connectivity index (χ1v) is 7.56. The number of aromatic nitrogens is 1. The Bertz CT molecular complexity index is 692. The molecule has 114 valence electrons. The van der Waals surface area contributed by atoms with E-state index in [1.165, 1.54) is 12.8 Å². The zero-order chi connectivity index (χ0) is 15.4. The molecular formula is C17H19N3O2. The van der Waals surface area contributed by atoms with Crippen LogP contribution in [-0.2, 0) is 4.74 Å². The number of ether oxygens (including phenoxy) is 1. The van der Waals surface area contributed by atoms with E-state index in [-0.39, 0.29) is 0 Å². The first kappa shape index (κ1) is 14.8. The summed E-state index contributed by atoms with van der Waals surface area (Å²) in [4.78, 5) is 4.46. The molecule has 0 radical (unpaired) electrons. The molecule has 1 fully saturated rings. The van der Waals surface area contributed by atoms with Crippen molar-refractivity contribution in [3.8, 4) is 6.07 Å². The molecule has 0 spiro atoms. The molecule has 2 N–H and O–H groups in total. The number of anilines is 1. The monoisotopic (exact) mass is 297 g/mol. The van der Waals surface area contributed by atoms with Crippen LogP contribution < -0.4 is 5.32 Å². The number of benzene rings is 1. The summed E-state index contributed by atoms with van der Waals surface area (Å²) in [6.07, 6.45) is 1.90. The summed E-state index contributed by atoms with van der Waals surface area (Å²) in [5, 5.41) is 23.0. The Kier molecular flexibility index (Phi) is 4.52. The van der Waals surface area contributed by atoms with Crippen LogP contribution in [0.15, 0.2) is 30.3 Å². The fraction of sp³-hybridized carbons (Fsp3) is 0.412. The van der Waals surface area contributed by atoms with E-state index in [4.69, 9.17) is 4.74 Å². The van der Waals surface area contributed by atoms with E-state index in [2.05, 4.69) is 16.4 Å². The van der Waals surface area contributed by atoms with Crippen molar-refractivity contribution >= 4 is 16.7 Å². The topological polar surface area (TPSA) is 78.2 Å². The number of pyridine rings is 1. The van der Waals surface area contributed by atoms with E-state index in [9.17, 15) is 10.4 Å². The number of aliphatic hydroxyl groups is 1. The molecule has 5 heteroatoms. The molecule has 1 aromatic heterocycles. The van der Waals surface area contributed by atoms with Gasteiger partial charge in [-0.15, -0.1) is 0 Å². The second-order valence-corrected chi connectivity index (χ2v) is 5.70. The van der Waals surface area contributed by atoms with Gasteiger partial charge in [-0.3, -0.25) is 0 Å². The van der Waals surface area contributed by atoms with Crippen LogP contribution in [0.1, 0.15) is 18.4 Å². The normalized spacial score (nSPS) is 15.5. The number of hydrogen-bond donors (Lipinski definition) is 2. The Morgan fingerprint density at radius 1 is 1.41 bits per heavy atom. The van der Waals surface area contributed by atoms with Crippen molar-refractivity contribution in [1.82, 2.24) is 4.98 Å². The molecule has 0 amide bonds. The van der Waals surface area contributed by atoms with Crippen LogP contribution >= 0.6 is 0 Å². The summed E-state index contributed by atoms with van der Waals surface area (Å²) < 4.78 is 5.46. The van der Waals surface area contributed by atoms with Crippen molar-refractivity contribution in [2.45, 2.75) is 18.9 Å². The molecule has 1 atom stereocenters. The summed E-state index contributed by atoms with van der Waals surface area (Å²) in [5.74, 6) is 1.29. The summed E-state index contributed by atoms with van der Waals surface area (Å²) in [6, 6.07) is 11.4. The first-order chi connectivity index (χ1) is 10.8. The van der Waals surface area contributed by atoms with Gasteiger partial charge in [-0.1, -0.05) is 18.2 Å². The van der Waals surface area contributed by atoms with E-state index in [1.807, 2.05) is 24.3 Å². The summed E-state index contributed by atoms with van der Waals surface area (Å²) in [5.41, 5.74) is 1.34. The molecule has 22 heavy (non-hydrogen) atoms. The maximum absolute atomic E-state index is 9.90. The van der Waals surface area contributed by atoms with E-state index in [0.717, 1.165) is 17.5 Å². The lowest BCUT2D eigenvalue weighted by Gasteiger charge is -2.13. The van der Waals surface area contributed by atoms with E-state index < -0.39 is 6.10 Å². The fourth-order valence-corrected chi connectivity index (χ4v) is 2.30. The van der Waals surface area contributed by atoms with Gasteiger partial charge in [0.25, 0.3) is 0 Å². The molecule has 5 nitrogen and oxygen atoms in total. The van der Waals surface area contributed by atoms with Crippen LogP contribution in [-0.4, -0.2) is 36.0 Å². The second kappa shape index (κ2) is 6.73. The summed E-state index contributed by atoms with van der Waals surface area (Å²) >= 11 is 0. The van der Waals surface area contributed by atoms with Gasteiger partial charge in [-0.05, 0) is 30.9 Å². The number of nitrogens with zero attached hydrogens (tertiary/aromatic N) is 2. The average molecular weight is 297 g/mol. The molecular weight excluding hydrogens is 278 g/mol. The van der Waals surface area contributed by atoms with Gasteiger partial charge in [-0.25, -0.2) is 4.98 Å². The van der Waals surface area contributed by atoms with Gasteiger partial charge in [0.1, 0.15) is 5.82 Å². The molecule has 3 rings (SSSR count). The number of rotatable bonds is 7. The smallest absolute Gasteiger partial charge is 0.128 e. The highest BCUT2D eigenvalue weighted by Crippen LogP contribution is 2.28.